The third-order valence-corrected chi connectivity index (χ3v) is 3.36. The van der Waals surface area contributed by atoms with Crippen LogP contribution in [-0.2, 0) is 6.42 Å². The van der Waals surface area contributed by atoms with Crippen molar-refractivity contribution >= 4 is 49.4 Å². The molecule has 1 aromatic heterocycles. The van der Waals surface area contributed by atoms with Gasteiger partial charge in [-0.2, -0.15) is 0 Å². The minimum Gasteiger partial charge on any atom is -0.231 e. The molecule has 1 heterocycles. The summed E-state index contributed by atoms with van der Waals surface area (Å²) in [6, 6.07) is 4.19. The molecule has 1 aromatic carbocycles. The van der Waals surface area contributed by atoms with E-state index in [4.69, 9.17) is 0 Å². The van der Waals surface area contributed by atoms with Crippen LogP contribution in [0.4, 0.5) is 0 Å². The molecule has 2 rings (SSSR count). The summed E-state index contributed by atoms with van der Waals surface area (Å²) in [5.41, 5.74) is 2.30. The molecule has 0 saturated heterocycles. The van der Waals surface area contributed by atoms with Crippen molar-refractivity contribution in [1.29, 1.82) is 0 Å². The molecule has 2 aromatic rings. The zero-order valence-electron chi connectivity index (χ0n) is 7.59. The van der Waals surface area contributed by atoms with Gasteiger partial charge in [-0.3, -0.25) is 0 Å². The summed E-state index contributed by atoms with van der Waals surface area (Å²) in [6.45, 7) is 2.14. The van der Waals surface area contributed by atoms with Gasteiger partial charge < -0.3 is 0 Å². The third kappa shape index (κ3) is 1.91. The number of aryl methyl sites for hydroxylation is 1. The fraction of sp³-hybridized carbons (Fsp3) is 0.200. The fourth-order valence-electron chi connectivity index (χ4n) is 1.34. The van der Waals surface area contributed by atoms with Crippen LogP contribution in [-0.4, -0.2) is 9.97 Å². The van der Waals surface area contributed by atoms with E-state index in [9.17, 15) is 0 Å². The van der Waals surface area contributed by atoms with E-state index in [1.165, 1.54) is 5.56 Å². The first kappa shape index (κ1) is 10.3. The minimum atomic E-state index is 0.791. The summed E-state index contributed by atoms with van der Waals surface area (Å²) in [5, 5.41) is 1.08. The summed E-state index contributed by atoms with van der Waals surface area (Å²) in [6.07, 6.45) is 2.87. The van der Waals surface area contributed by atoms with Crippen LogP contribution in [0.1, 0.15) is 12.5 Å². The largest absolute Gasteiger partial charge is 0.231 e. The lowest BCUT2D eigenvalue weighted by Crippen LogP contribution is -1.90. The zero-order chi connectivity index (χ0) is 10.1. The normalized spacial score (nSPS) is 10.8. The number of fused-ring (bicyclic) bond motifs is 1. The first-order valence-corrected chi connectivity index (χ1v) is 6.18. The number of rotatable bonds is 1. The summed E-state index contributed by atoms with van der Waals surface area (Å²) in [7, 11) is 0. The molecule has 4 heteroatoms. The summed E-state index contributed by atoms with van der Waals surface area (Å²) >= 11 is 5.67. The van der Waals surface area contributed by atoms with Crippen LogP contribution in [0.25, 0.3) is 10.9 Å². The molecule has 0 radical (unpaired) electrons. The number of hydrogen-bond donors (Lipinski definition) is 0. The quantitative estimate of drug-likeness (QED) is 0.572. The van der Waals surface area contributed by atoms with E-state index in [1.807, 2.05) is 6.20 Å². The van der Waals surface area contributed by atoms with Gasteiger partial charge in [-0.1, -0.05) is 22.9 Å². The molecule has 0 N–H and O–H groups in total. The topological polar surface area (TPSA) is 25.8 Å². The van der Waals surface area contributed by atoms with Crippen LogP contribution >= 0.6 is 38.5 Å². The molecule has 0 unspecified atom stereocenters. The second-order valence-corrected chi connectivity index (χ2v) is 4.81. The second-order valence-electron chi connectivity index (χ2n) is 3.00. The van der Waals surface area contributed by atoms with Gasteiger partial charge in [-0.15, -0.1) is 0 Å². The van der Waals surface area contributed by atoms with E-state index >= 15 is 0 Å². The highest BCUT2D eigenvalue weighted by atomic mass is 127. The Bertz CT molecular complexity index is 485. The van der Waals surface area contributed by atoms with Crippen LogP contribution in [0.3, 0.4) is 0 Å². The average molecular weight is 363 g/mol. The van der Waals surface area contributed by atoms with Crippen LogP contribution in [0.2, 0.25) is 0 Å². The third-order valence-electron chi connectivity index (χ3n) is 2.10. The average Bonchev–Trinajstić information content (AvgIpc) is 2.17. The molecule has 2 nitrogen and oxygen atoms in total. The predicted molar refractivity (Wildman–Crippen MR) is 69.3 cm³/mol. The molecular formula is C10H8BrIN2. The van der Waals surface area contributed by atoms with Crippen LogP contribution in [0.15, 0.2) is 22.8 Å². The van der Waals surface area contributed by atoms with Crippen LogP contribution in [0, 0.1) is 3.83 Å². The zero-order valence-corrected chi connectivity index (χ0v) is 11.3. The van der Waals surface area contributed by atoms with Gasteiger partial charge in [0.2, 0.25) is 0 Å². The molecule has 0 spiro atoms. The van der Waals surface area contributed by atoms with Gasteiger partial charge in [-0.05, 0) is 24.1 Å². The molecule has 72 valence electrons. The van der Waals surface area contributed by atoms with Gasteiger partial charge in [0.1, 0.15) is 0 Å². The second kappa shape index (κ2) is 4.10. The van der Waals surface area contributed by atoms with Gasteiger partial charge >= 0.3 is 0 Å². The van der Waals surface area contributed by atoms with E-state index in [2.05, 4.69) is 67.5 Å². The Kier molecular flexibility index (Phi) is 3.02. The summed E-state index contributed by atoms with van der Waals surface area (Å²) in [4.78, 5) is 8.54. The van der Waals surface area contributed by atoms with E-state index in [1.54, 1.807) is 0 Å². The Morgan fingerprint density at radius 1 is 1.43 bits per heavy atom. The monoisotopic (exact) mass is 362 g/mol. The first-order valence-electron chi connectivity index (χ1n) is 4.31. The van der Waals surface area contributed by atoms with Gasteiger partial charge in [0, 0.05) is 38.6 Å². The Balaban J connectivity index is 2.73. The molecule has 0 aliphatic carbocycles. The number of halogens is 2. The predicted octanol–water partition coefficient (Wildman–Crippen LogP) is 3.56. The van der Waals surface area contributed by atoms with E-state index in [0.717, 1.165) is 25.6 Å². The van der Waals surface area contributed by atoms with Crippen molar-refractivity contribution in [2.45, 2.75) is 13.3 Å². The van der Waals surface area contributed by atoms with Crippen LogP contribution < -0.4 is 0 Å². The van der Waals surface area contributed by atoms with Crippen molar-refractivity contribution < 1.29 is 0 Å². The van der Waals surface area contributed by atoms with Crippen molar-refractivity contribution in [2.75, 3.05) is 0 Å². The molecule has 0 fully saturated rings. The molecule has 0 atom stereocenters. The first-order chi connectivity index (χ1) is 6.70. The Morgan fingerprint density at radius 3 is 2.93 bits per heavy atom. The van der Waals surface area contributed by atoms with E-state index < -0.39 is 0 Å². The molecule has 14 heavy (non-hydrogen) atoms. The van der Waals surface area contributed by atoms with E-state index in [0.29, 0.717) is 0 Å². The maximum atomic E-state index is 4.38. The van der Waals surface area contributed by atoms with Crippen molar-refractivity contribution in [3.63, 3.8) is 0 Å². The number of benzene rings is 1. The van der Waals surface area contributed by atoms with Crippen molar-refractivity contribution in [2.24, 2.45) is 0 Å². The van der Waals surface area contributed by atoms with Crippen molar-refractivity contribution in [3.8, 4) is 0 Å². The van der Waals surface area contributed by atoms with Gasteiger partial charge in [0.05, 0.1) is 5.52 Å². The Labute approximate surface area is 104 Å². The highest BCUT2D eigenvalue weighted by molar-refractivity contribution is 14.1. The summed E-state index contributed by atoms with van der Waals surface area (Å²) < 4.78 is 1.93. The lowest BCUT2D eigenvalue weighted by Gasteiger charge is -2.03. The maximum Gasteiger partial charge on any atom is 0.191 e. The van der Waals surface area contributed by atoms with Crippen LogP contribution in [0.5, 0.6) is 0 Å². The molecular weight excluding hydrogens is 355 g/mol. The molecule has 0 bridgehead atoms. The molecule has 0 saturated carbocycles. The van der Waals surface area contributed by atoms with Crippen molar-refractivity contribution in [3.05, 3.63) is 32.2 Å². The van der Waals surface area contributed by atoms with Gasteiger partial charge in [-0.25, -0.2) is 9.97 Å². The Morgan fingerprint density at radius 2 is 2.21 bits per heavy atom. The number of hydrogen-bond acceptors (Lipinski definition) is 2. The Hall–Kier alpha value is -0.230. The molecule has 0 aliphatic rings. The summed E-state index contributed by atoms with van der Waals surface area (Å²) in [5.74, 6) is 0. The highest BCUT2D eigenvalue weighted by Crippen LogP contribution is 2.23. The SMILES string of the molecule is CCc1cc2nc(I)ncc2cc1Br. The minimum absolute atomic E-state index is 0.791. The molecule has 0 amide bonds. The molecule has 0 aliphatic heterocycles. The van der Waals surface area contributed by atoms with Crippen molar-refractivity contribution in [1.82, 2.24) is 9.97 Å². The maximum absolute atomic E-state index is 4.38. The standard InChI is InChI=1S/C10H8BrIN2/c1-2-6-4-9-7(3-8(6)11)5-13-10(12)14-9/h3-5H,2H2,1H3. The van der Waals surface area contributed by atoms with Gasteiger partial charge in [0.25, 0.3) is 0 Å². The highest BCUT2D eigenvalue weighted by Gasteiger charge is 2.02. The number of aromatic nitrogens is 2. The fourth-order valence-corrected chi connectivity index (χ4v) is 2.38. The lowest BCUT2D eigenvalue weighted by atomic mass is 10.1. The smallest absolute Gasteiger partial charge is 0.191 e. The lowest BCUT2D eigenvalue weighted by molar-refractivity contribution is 1.11. The number of nitrogens with zero attached hydrogens (tertiary/aromatic N) is 2. The van der Waals surface area contributed by atoms with Gasteiger partial charge in [0.15, 0.2) is 3.83 Å². The van der Waals surface area contributed by atoms with E-state index in [-0.39, 0.29) is 0 Å².